The van der Waals surface area contributed by atoms with Gasteiger partial charge in [-0.1, -0.05) is 0 Å². The molecule has 0 aliphatic rings. The van der Waals surface area contributed by atoms with Crippen molar-refractivity contribution in [3.63, 3.8) is 0 Å². The summed E-state index contributed by atoms with van der Waals surface area (Å²) in [6.07, 6.45) is 0.261. The Morgan fingerprint density at radius 3 is 1.12 bits per heavy atom. The first-order chi connectivity index (χ1) is 20.4. The quantitative estimate of drug-likeness (QED) is 0.167. The van der Waals surface area contributed by atoms with E-state index in [4.69, 9.17) is 0 Å². The van der Waals surface area contributed by atoms with Crippen LogP contribution in [0, 0.1) is 11.6 Å². The lowest BCUT2D eigenvalue weighted by Gasteiger charge is -2.10. The topological polar surface area (TPSA) is 151 Å². The van der Waals surface area contributed by atoms with Crippen molar-refractivity contribution in [1.29, 1.82) is 0 Å². The molecule has 4 N–H and O–H groups in total. The lowest BCUT2D eigenvalue weighted by atomic mass is 10.2. The number of hydrogen-bond donors (Lipinski definition) is 4. The minimum Gasteiger partial charge on any atom is -0.326 e. The van der Waals surface area contributed by atoms with Gasteiger partial charge >= 0.3 is 0 Å². The third kappa shape index (κ3) is 9.08. The van der Waals surface area contributed by atoms with Crippen LogP contribution < -0.4 is 20.1 Å². The van der Waals surface area contributed by atoms with Crippen LogP contribution in [0.4, 0.5) is 31.5 Å². The number of halogens is 2. The average molecular weight is 629 g/mol. The van der Waals surface area contributed by atoms with Crippen LogP contribution in [0.15, 0.2) is 107 Å². The molecule has 0 aliphatic carbocycles. The van der Waals surface area contributed by atoms with E-state index in [0.717, 1.165) is 24.3 Å². The summed E-state index contributed by atoms with van der Waals surface area (Å²) in [5, 5.41) is 5.26. The standard InChI is InChI=1S/C29H26F2N4O6S2/c30-20-4-8-24(9-5-20)34-42(38,39)26-16-12-22(13-17-26)32-28(36)2-1-3-29(37)33-23-14-18-27(19-15-23)43(40,41)35-25-10-6-21(31)7-11-25/h4-19,34-35H,1-3H2,(H,32,36)(H,33,37). The summed E-state index contributed by atoms with van der Waals surface area (Å²) in [5.74, 6) is -1.75. The number of carbonyl (C=O) groups is 2. The van der Waals surface area contributed by atoms with Crippen LogP contribution in [-0.4, -0.2) is 28.6 Å². The molecule has 2 amide bonds. The highest BCUT2D eigenvalue weighted by Crippen LogP contribution is 2.20. The second kappa shape index (κ2) is 13.4. The maximum atomic E-state index is 13.0. The van der Waals surface area contributed by atoms with Gasteiger partial charge in [-0.25, -0.2) is 25.6 Å². The number of anilines is 4. The Kier molecular flexibility index (Phi) is 9.73. The molecule has 0 aromatic heterocycles. The van der Waals surface area contributed by atoms with Gasteiger partial charge in [0.2, 0.25) is 11.8 Å². The SMILES string of the molecule is O=C(CCCC(=O)Nc1ccc(S(=O)(=O)Nc2ccc(F)cc2)cc1)Nc1ccc(S(=O)(=O)Nc2ccc(F)cc2)cc1. The second-order valence-corrected chi connectivity index (χ2v) is 12.6. The predicted molar refractivity (Wildman–Crippen MR) is 158 cm³/mol. The zero-order valence-corrected chi connectivity index (χ0v) is 24.0. The largest absolute Gasteiger partial charge is 0.326 e. The van der Waals surface area contributed by atoms with E-state index in [0.29, 0.717) is 11.4 Å². The van der Waals surface area contributed by atoms with Gasteiger partial charge in [0.25, 0.3) is 20.0 Å². The summed E-state index contributed by atoms with van der Waals surface area (Å²) in [6, 6.07) is 20.6. The molecular formula is C29H26F2N4O6S2. The molecule has 43 heavy (non-hydrogen) atoms. The van der Waals surface area contributed by atoms with Crippen LogP contribution in [-0.2, 0) is 29.6 Å². The van der Waals surface area contributed by atoms with E-state index in [1.807, 2.05) is 0 Å². The Morgan fingerprint density at radius 2 is 0.791 bits per heavy atom. The molecule has 224 valence electrons. The highest BCUT2D eigenvalue weighted by molar-refractivity contribution is 7.93. The fourth-order valence-corrected chi connectivity index (χ4v) is 5.87. The van der Waals surface area contributed by atoms with Crippen LogP contribution in [0.2, 0.25) is 0 Å². The molecule has 4 aromatic rings. The first-order valence-electron chi connectivity index (χ1n) is 12.8. The van der Waals surface area contributed by atoms with Crippen molar-refractivity contribution in [2.45, 2.75) is 29.1 Å². The third-order valence-electron chi connectivity index (χ3n) is 5.90. The average Bonchev–Trinajstić information content (AvgIpc) is 2.96. The number of nitrogens with one attached hydrogen (secondary N) is 4. The molecule has 0 atom stereocenters. The summed E-state index contributed by atoms with van der Waals surface area (Å²) in [6.45, 7) is 0. The van der Waals surface area contributed by atoms with E-state index in [2.05, 4.69) is 20.1 Å². The normalized spacial score (nSPS) is 11.4. The van der Waals surface area contributed by atoms with E-state index in [1.165, 1.54) is 72.8 Å². The van der Waals surface area contributed by atoms with Crippen LogP contribution in [0.1, 0.15) is 19.3 Å². The molecule has 0 fully saturated rings. The molecule has 0 aliphatic heterocycles. The van der Waals surface area contributed by atoms with Crippen molar-refractivity contribution < 1.29 is 35.2 Å². The van der Waals surface area contributed by atoms with Gasteiger partial charge in [0, 0.05) is 35.6 Å². The van der Waals surface area contributed by atoms with Crippen molar-refractivity contribution in [3.8, 4) is 0 Å². The number of amides is 2. The Labute approximate surface area is 247 Å². The van der Waals surface area contributed by atoms with Crippen molar-refractivity contribution in [3.05, 3.63) is 109 Å². The number of rotatable bonds is 12. The Hall–Kier alpha value is -4.82. The molecule has 4 rings (SSSR count). The highest BCUT2D eigenvalue weighted by atomic mass is 32.2. The van der Waals surface area contributed by atoms with Gasteiger partial charge in [-0.2, -0.15) is 0 Å². The van der Waals surface area contributed by atoms with Crippen molar-refractivity contribution in [2.24, 2.45) is 0 Å². The van der Waals surface area contributed by atoms with E-state index in [9.17, 15) is 35.2 Å². The molecule has 0 bridgehead atoms. The third-order valence-corrected chi connectivity index (χ3v) is 8.69. The molecular weight excluding hydrogens is 602 g/mol. The Morgan fingerprint density at radius 1 is 0.488 bits per heavy atom. The molecule has 10 nitrogen and oxygen atoms in total. The van der Waals surface area contributed by atoms with Crippen LogP contribution in [0.5, 0.6) is 0 Å². The maximum absolute atomic E-state index is 13.0. The number of benzene rings is 4. The van der Waals surface area contributed by atoms with Crippen LogP contribution in [0.3, 0.4) is 0 Å². The molecule has 0 unspecified atom stereocenters. The van der Waals surface area contributed by atoms with Gasteiger partial charge in [0.05, 0.1) is 9.79 Å². The summed E-state index contributed by atoms with van der Waals surface area (Å²) in [4.78, 5) is 24.5. The molecule has 14 heteroatoms. The van der Waals surface area contributed by atoms with Gasteiger partial charge in [-0.15, -0.1) is 0 Å². The van der Waals surface area contributed by atoms with E-state index in [1.54, 1.807) is 0 Å². The lowest BCUT2D eigenvalue weighted by molar-refractivity contribution is -0.117. The number of carbonyl (C=O) groups excluding carboxylic acids is 2. The second-order valence-electron chi connectivity index (χ2n) is 9.22. The van der Waals surface area contributed by atoms with Crippen molar-refractivity contribution in [2.75, 3.05) is 20.1 Å². The van der Waals surface area contributed by atoms with E-state index < -0.39 is 31.7 Å². The van der Waals surface area contributed by atoms with Crippen molar-refractivity contribution >= 4 is 54.6 Å². The van der Waals surface area contributed by atoms with Gasteiger partial charge in [0.15, 0.2) is 0 Å². The fraction of sp³-hybridized carbons (Fsp3) is 0.103. The minimum absolute atomic E-state index is 0.0197. The fourth-order valence-electron chi connectivity index (χ4n) is 3.76. The first-order valence-corrected chi connectivity index (χ1v) is 15.7. The zero-order chi connectivity index (χ0) is 31.0. The van der Waals surface area contributed by atoms with Gasteiger partial charge in [-0.05, 0) is 103 Å². The molecule has 4 aromatic carbocycles. The lowest BCUT2D eigenvalue weighted by Crippen LogP contribution is -2.16. The Bertz CT molecular complexity index is 1660. The molecule has 0 spiro atoms. The minimum atomic E-state index is -3.92. The van der Waals surface area contributed by atoms with Gasteiger partial charge in [0.1, 0.15) is 11.6 Å². The summed E-state index contributed by atoms with van der Waals surface area (Å²) in [7, 11) is -7.84. The summed E-state index contributed by atoms with van der Waals surface area (Å²) in [5.41, 5.74) is 1.12. The van der Waals surface area contributed by atoms with Gasteiger partial charge < -0.3 is 10.6 Å². The molecule has 0 radical (unpaired) electrons. The summed E-state index contributed by atoms with van der Waals surface area (Å²) >= 11 is 0. The van der Waals surface area contributed by atoms with E-state index in [-0.39, 0.29) is 52.2 Å². The first kappa shape index (κ1) is 31.1. The number of sulfonamides is 2. The van der Waals surface area contributed by atoms with Crippen molar-refractivity contribution in [1.82, 2.24) is 0 Å². The zero-order valence-electron chi connectivity index (χ0n) is 22.4. The molecule has 0 saturated heterocycles. The van der Waals surface area contributed by atoms with Crippen LogP contribution >= 0.6 is 0 Å². The summed E-state index contributed by atoms with van der Waals surface area (Å²) < 4.78 is 80.9. The van der Waals surface area contributed by atoms with Crippen LogP contribution in [0.25, 0.3) is 0 Å². The molecule has 0 heterocycles. The Balaban J connectivity index is 1.21. The smallest absolute Gasteiger partial charge is 0.261 e. The predicted octanol–water partition coefficient (Wildman–Crippen LogP) is 5.31. The maximum Gasteiger partial charge on any atom is 0.261 e. The monoisotopic (exact) mass is 628 g/mol. The van der Waals surface area contributed by atoms with E-state index >= 15 is 0 Å². The number of hydrogen-bond acceptors (Lipinski definition) is 6. The highest BCUT2D eigenvalue weighted by Gasteiger charge is 2.16. The van der Waals surface area contributed by atoms with Gasteiger partial charge in [-0.3, -0.25) is 19.0 Å². The molecule has 0 saturated carbocycles.